The second-order valence-corrected chi connectivity index (χ2v) is 6.84. The maximum absolute atomic E-state index is 10.9. The zero-order chi connectivity index (χ0) is 17.9. The highest BCUT2D eigenvalue weighted by atomic mass is 32.1. The number of nitro benzene ring substituents is 1. The number of hydrogen-bond donors (Lipinski definition) is 0. The van der Waals surface area contributed by atoms with Crippen LogP contribution in [0.3, 0.4) is 0 Å². The van der Waals surface area contributed by atoms with E-state index in [-0.39, 0.29) is 10.6 Å². The molecule has 4 nitrogen and oxygen atoms in total. The molecule has 3 aromatic carbocycles. The van der Waals surface area contributed by atoms with E-state index in [0.717, 1.165) is 20.8 Å². The Hall–Kier alpha value is -3.31. The lowest BCUT2D eigenvalue weighted by Gasteiger charge is -2.01. The summed E-state index contributed by atoms with van der Waals surface area (Å²) in [6.45, 7) is 0. The maximum atomic E-state index is 10.9. The van der Waals surface area contributed by atoms with Crippen LogP contribution in [0.2, 0.25) is 0 Å². The molecule has 126 valence electrons. The van der Waals surface area contributed by atoms with Crippen molar-refractivity contribution in [1.29, 1.82) is 0 Å². The molecular weight excluding hydrogens is 344 g/mol. The number of aromatic nitrogens is 1. The highest BCUT2D eigenvalue weighted by Gasteiger charge is 2.09. The van der Waals surface area contributed by atoms with Crippen LogP contribution >= 0.6 is 11.3 Å². The van der Waals surface area contributed by atoms with Crippen molar-refractivity contribution >= 4 is 39.4 Å². The first kappa shape index (κ1) is 16.2. The van der Waals surface area contributed by atoms with E-state index in [1.165, 1.54) is 28.5 Å². The molecule has 0 aliphatic rings. The van der Waals surface area contributed by atoms with Crippen LogP contribution in [0.25, 0.3) is 33.5 Å². The molecule has 1 aromatic heterocycles. The first-order valence-electron chi connectivity index (χ1n) is 8.07. The second kappa shape index (κ2) is 6.90. The number of hydrogen-bond acceptors (Lipinski definition) is 4. The Balaban J connectivity index is 1.56. The predicted octanol–water partition coefficient (Wildman–Crippen LogP) is 6.04. The van der Waals surface area contributed by atoms with Crippen molar-refractivity contribution in [2.24, 2.45) is 0 Å². The Morgan fingerprint density at radius 1 is 0.885 bits per heavy atom. The molecule has 0 amide bonds. The highest BCUT2D eigenvalue weighted by molar-refractivity contribution is 7.19. The summed E-state index contributed by atoms with van der Waals surface area (Å²) in [5.74, 6) is 0. The molecule has 0 aliphatic carbocycles. The van der Waals surface area contributed by atoms with Gasteiger partial charge < -0.3 is 0 Å². The van der Waals surface area contributed by atoms with Crippen LogP contribution in [-0.4, -0.2) is 9.91 Å². The maximum Gasteiger partial charge on any atom is 0.270 e. The van der Waals surface area contributed by atoms with Crippen LogP contribution in [-0.2, 0) is 0 Å². The molecule has 0 saturated heterocycles. The quantitative estimate of drug-likeness (QED) is 0.330. The van der Waals surface area contributed by atoms with E-state index in [2.05, 4.69) is 41.4 Å². The zero-order valence-corrected chi connectivity index (χ0v) is 14.5. The third kappa shape index (κ3) is 3.38. The summed E-state index contributed by atoms with van der Waals surface area (Å²) < 4.78 is 0.818. The van der Waals surface area contributed by atoms with E-state index in [9.17, 15) is 10.1 Å². The molecule has 4 aromatic rings. The first-order valence-corrected chi connectivity index (χ1v) is 8.89. The van der Waals surface area contributed by atoms with Crippen molar-refractivity contribution in [3.05, 3.63) is 93.5 Å². The zero-order valence-electron chi connectivity index (χ0n) is 13.7. The van der Waals surface area contributed by atoms with Crippen LogP contribution in [0, 0.1) is 10.1 Å². The van der Waals surface area contributed by atoms with E-state index in [1.807, 2.05) is 30.4 Å². The lowest BCUT2D eigenvalue weighted by molar-refractivity contribution is -0.384. The summed E-state index contributed by atoms with van der Waals surface area (Å²) >= 11 is 1.45. The largest absolute Gasteiger partial charge is 0.270 e. The van der Waals surface area contributed by atoms with Crippen LogP contribution < -0.4 is 0 Å². The van der Waals surface area contributed by atoms with Crippen molar-refractivity contribution < 1.29 is 4.92 Å². The summed E-state index contributed by atoms with van der Waals surface area (Å²) in [4.78, 5) is 15.0. The minimum Gasteiger partial charge on any atom is -0.258 e. The molecule has 0 bridgehead atoms. The fraction of sp³-hybridized carbons (Fsp3) is 0. The van der Waals surface area contributed by atoms with Gasteiger partial charge in [-0.2, -0.15) is 0 Å². The molecular formula is C21H14N2O2S. The number of nitro groups is 1. The summed E-state index contributed by atoms with van der Waals surface area (Å²) in [6.07, 6.45) is 3.94. The lowest BCUT2D eigenvalue weighted by atomic mass is 10.0. The number of thiazole rings is 1. The second-order valence-electron chi connectivity index (χ2n) is 5.78. The molecule has 0 unspecified atom stereocenters. The summed E-state index contributed by atoms with van der Waals surface area (Å²) in [6, 6.07) is 23.3. The standard InChI is InChI=1S/C21H14N2O2S/c24-23(25)18-11-12-19-20(14-18)26-21(22-19)13-8-15-6-9-17(10-7-15)16-4-2-1-3-5-16/h1-14H. The Bertz CT molecular complexity index is 1100. The first-order chi connectivity index (χ1) is 12.7. The Kier molecular flexibility index (Phi) is 4.29. The van der Waals surface area contributed by atoms with Gasteiger partial charge in [0.05, 0.1) is 15.1 Å². The van der Waals surface area contributed by atoms with Crippen molar-refractivity contribution in [1.82, 2.24) is 4.98 Å². The third-order valence-electron chi connectivity index (χ3n) is 4.04. The fourth-order valence-corrected chi connectivity index (χ4v) is 3.60. The fourth-order valence-electron chi connectivity index (χ4n) is 2.70. The van der Waals surface area contributed by atoms with E-state index in [0.29, 0.717) is 0 Å². The van der Waals surface area contributed by atoms with Gasteiger partial charge in [0.15, 0.2) is 0 Å². The summed E-state index contributed by atoms with van der Waals surface area (Å²) in [5.41, 5.74) is 4.31. The molecule has 0 saturated carbocycles. The van der Waals surface area contributed by atoms with Gasteiger partial charge in [-0.1, -0.05) is 60.7 Å². The van der Waals surface area contributed by atoms with Gasteiger partial charge in [0.25, 0.3) is 5.69 Å². The SMILES string of the molecule is O=[N+]([O-])c1ccc2nc(C=Cc3ccc(-c4ccccc4)cc3)sc2c1. The van der Waals surface area contributed by atoms with Gasteiger partial charge in [-0.3, -0.25) is 10.1 Å². The van der Waals surface area contributed by atoms with Crippen LogP contribution in [0.4, 0.5) is 5.69 Å². The van der Waals surface area contributed by atoms with Crippen LogP contribution in [0.5, 0.6) is 0 Å². The van der Waals surface area contributed by atoms with Crippen LogP contribution in [0.15, 0.2) is 72.8 Å². The molecule has 0 N–H and O–H groups in total. The number of benzene rings is 3. The number of rotatable bonds is 4. The summed E-state index contributed by atoms with van der Waals surface area (Å²) in [7, 11) is 0. The monoisotopic (exact) mass is 358 g/mol. The Morgan fingerprint density at radius 3 is 2.35 bits per heavy atom. The molecule has 0 fully saturated rings. The molecule has 0 atom stereocenters. The van der Waals surface area contributed by atoms with Gasteiger partial charge in [0.1, 0.15) is 5.01 Å². The molecule has 5 heteroatoms. The van der Waals surface area contributed by atoms with Gasteiger partial charge >= 0.3 is 0 Å². The van der Waals surface area contributed by atoms with Gasteiger partial charge in [-0.25, -0.2) is 4.98 Å². The van der Waals surface area contributed by atoms with Crippen molar-refractivity contribution in [2.75, 3.05) is 0 Å². The average molecular weight is 358 g/mol. The normalized spacial score (nSPS) is 11.2. The summed E-state index contributed by atoms with van der Waals surface area (Å²) in [5, 5.41) is 11.7. The molecule has 26 heavy (non-hydrogen) atoms. The van der Waals surface area contributed by atoms with E-state index >= 15 is 0 Å². The smallest absolute Gasteiger partial charge is 0.258 e. The average Bonchev–Trinajstić information content (AvgIpc) is 3.09. The van der Waals surface area contributed by atoms with Gasteiger partial charge in [0.2, 0.25) is 0 Å². The molecule has 0 radical (unpaired) electrons. The van der Waals surface area contributed by atoms with Crippen LogP contribution in [0.1, 0.15) is 10.6 Å². The van der Waals surface area contributed by atoms with Crippen molar-refractivity contribution in [2.45, 2.75) is 0 Å². The van der Waals surface area contributed by atoms with Crippen molar-refractivity contribution in [3.8, 4) is 11.1 Å². The van der Waals surface area contributed by atoms with E-state index in [1.54, 1.807) is 12.1 Å². The van der Waals surface area contributed by atoms with Gasteiger partial charge in [0, 0.05) is 12.1 Å². The third-order valence-corrected chi connectivity index (χ3v) is 5.02. The highest BCUT2D eigenvalue weighted by Crippen LogP contribution is 2.27. The lowest BCUT2D eigenvalue weighted by Crippen LogP contribution is -1.85. The minimum absolute atomic E-state index is 0.0909. The van der Waals surface area contributed by atoms with E-state index in [4.69, 9.17) is 0 Å². The molecule has 4 rings (SSSR count). The molecule has 1 heterocycles. The number of nitrogens with zero attached hydrogens (tertiary/aromatic N) is 2. The molecule has 0 aliphatic heterocycles. The number of non-ortho nitro benzene ring substituents is 1. The minimum atomic E-state index is -0.386. The van der Waals surface area contributed by atoms with Gasteiger partial charge in [-0.05, 0) is 28.8 Å². The van der Waals surface area contributed by atoms with E-state index < -0.39 is 0 Å². The topological polar surface area (TPSA) is 56.0 Å². The Morgan fingerprint density at radius 2 is 1.62 bits per heavy atom. The predicted molar refractivity (Wildman–Crippen MR) is 107 cm³/mol. The van der Waals surface area contributed by atoms with Crippen molar-refractivity contribution in [3.63, 3.8) is 0 Å². The Labute approximate surface area is 154 Å². The van der Waals surface area contributed by atoms with Gasteiger partial charge in [-0.15, -0.1) is 11.3 Å². The number of fused-ring (bicyclic) bond motifs is 1. The molecule has 0 spiro atoms.